The normalized spacial score (nSPS) is 10.5. The molecule has 0 aliphatic carbocycles. The Morgan fingerprint density at radius 1 is 1.62 bits per heavy atom. The third kappa shape index (κ3) is 1.80. The molecule has 0 aliphatic heterocycles. The maximum atomic E-state index is 12.2. The van der Waals surface area contributed by atoms with Crippen molar-refractivity contribution in [1.82, 2.24) is 4.98 Å². The number of ether oxygens (including phenoxy) is 1. The molecule has 0 unspecified atom stereocenters. The summed E-state index contributed by atoms with van der Waals surface area (Å²) in [6, 6.07) is 0. The predicted octanol–water partition coefficient (Wildman–Crippen LogP) is 1.97. The molecule has 0 saturated heterocycles. The van der Waals surface area contributed by atoms with E-state index >= 15 is 0 Å². The summed E-state index contributed by atoms with van der Waals surface area (Å²) in [6.07, 6.45) is -1.78. The molecule has 0 fully saturated rings. The van der Waals surface area contributed by atoms with Gasteiger partial charge in [-0.1, -0.05) is 11.6 Å². The van der Waals surface area contributed by atoms with Crippen LogP contribution in [0.3, 0.4) is 0 Å². The Bertz CT molecular complexity index is 364. The molecule has 0 aromatic carbocycles. The lowest BCUT2D eigenvalue weighted by atomic mass is 10.3. The first-order valence-corrected chi connectivity index (χ1v) is 3.69. The zero-order valence-electron chi connectivity index (χ0n) is 6.61. The molecule has 1 N–H and O–H groups in total. The van der Waals surface area contributed by atoms with Gasteiger partial charge in [-0.15, -0.1) is 0 Å². The van der Waals surface area contributed by atoms with Crippen LogP contribution in [-0.4, -0.2) is 12.1 Å². The maximum Gasteiger partial charge on any atom is 0.270 e. The molecular formula is C7H6ClF2NO2. The van der Waals surface area contributed by atoms with Crippen LogP contribution >= 0.6 is 11.6 Å². The van der Waals surface area contributed by atoms with Crippen molar-refractivity contribution in [1.29, 1.82) is 0 Å². The summed E-state index contributed by atoms with van der Waals surface area (Å²) in [4.78, 5) is 13.0. The van der Waals surface area contributed by atoms with Crippen molar-refractivity contribution in [2.75, 3.05) is 7.11 Å². The molecule has 6 heteroatoms. The summed E-state index contributed by atoms with van der Waals surface area (Å²) in [6.45, 7) is 0. The molecule has 1 aromatic heterocycles. The van der Waals surface area contributed by atoms with E-state index in [4.69, 9.17) is 11.6 Å². The highest BCUT2D eigenvalue weighted by molar-refractivity contribution is 6.32. The molecule has 0 amide bonds. The standard InChI is InChI=1S/C7H6ClF2NO2/c1-13-3-2-11-7(12)4(5(3)8)6(9)10/h2,6H,1H3,(H,11,12). The van der Waals surface area contributed by atoms with Crippen LogP contribution in [0.15, 0.2) is 11.0 Å². The second-order valence-electron chi connectivity index (χ2n) is 2.21. The third-order valence-electron chi connectivity index (χ3n) is 1.47. The Balaban J connectivity index is 3.39. The molecule has 0 aliphatic rings. The Labute approximate surface area is 77.3 Å². The zero-order valence-corrected chi connectivity index (χ0v) is 7.36. The first-order chi connectivity index (χ1) is 6.07. The van der Waals surface area contributed by atoms with Crippen LogP contribution in [0.2, 0.25) is 5.02 Å². The Hall–Kier alpha value is -1.10. The van der Waals surface area contributed by atoms with Gasteiger partial charge < -0.3 is 9.72 Å². The van der Waals surface area contributed by atoms with Gasteiger partial charge in [-0.05, 0) is 0 Å². The Morgan fingerprint density at radius 2 is 2.23 bits per heavy atom. The van der Waals surface area contributed by atoms with E-state index in [2.05, 4.69) is 9.72 Å². The highest BCUT2D eigenvalue weighted by atomic mass is 35.5. The van der Waals surface area contributed by atoms with Gasteiger partial charge in [0, 0.05) is 6.20 Å². The summed E-state index contributed by atoms with van der Waals surface area (Å²) in [5, 5.41) is -0.346. The number of aromatic amines is 1. The topological polar surface area (TPSA) is 42.1 Å². The summed E-state index contributed by atoms with van der Waals surface area (Å²) >= 11 is 5.48. The van der Waals surface area contributed by atoms with Gasteiger partial charge in [0.2, 0.25) is 0 Å². The van der Waals surface area contributed by atoms with E-state index in [1.165, 1.54) is 7.11 Å². The lowest BCUT2D eigenvalue weighted by Gasteiger charge is -2.05. The number of aromatic nitrogens is 1. The highest BCUT2D eigenvalue weighted by Gasteiger charge is 2.19. The first-order valence-electron chi connectivity index (χ1n) is 3.31. The molecule has 0 atom stereocenters. The molecule has 72 valence electrons. The van der Waals surface area contributed by atoms with Crippen molar-refractivity contribution in [2.24, 2.45) is 0 Å². The van der Waals surface area contributed by atoms with Crippen LogP contribution in [0.4, 0.5) is 8.78 Å². The fraction of sp³-hybridized carbons (Fsp3) is 0.286. The van der Waals surface area contributed by atoms with Gasteiger partial charge in [-0.3, -0.25) is 4.79 Å². The van der Waals surface area contributed by atoms with E-state index in [-0.39, 0.29) is 10.8 Å². The quantitative estimate of drug-likeness (QED) is 0.809. The van der Waals surface area contributed by atoms with E-state index in [1.807, 2.05) is 0 Å². The minimum Gasteiger partial charge on any atom is -0.494 e. The molecule has 1 rings (SSSR count). The van der Waals surface area contributed by atoms with Crippen molar-refractivity contribution in [3.05, 3.63) is 27.1 Å². The minimum atomic E-state index is -2.91. The number of methoxy groups -OCH3 is 1. The molecule has 0 saturated carbocycles. The highest BCUT2D eigenvalue weighted by Crippen LogP contribution is 2.30. The van der Waals surface area contributed by atoms with Crippen LogP contribution in [-0.2, 0) is 0 Å². The Kier molecular flexibility index (Phi) is 2.87. The monoisotopic (exact) mass is 209 g/mol. The fourth-order valence-corrected chi connectivity index (χ4v) is 1.15. The second kappa shape index (κ2) is 3.74. The van der Waals surface area contributed by atoms with Crippen molar-refractivity contribution in [2.45, 2.75) is 6.43 Å². The van der Waals surface area contributed by atoms with Crippen molar-refractivity contribution < 1.29 is 13.5 Å². The van der Waals surface area contributed by atoms with E-state index in [0.29, 0.717) is 0 Å². The van der Waals surface area contributed by atoms with Gasteiger partial charge in [-0.25, -0.2) is 8.78 Å². The fourth-order valence-electron chi connectivity index (χ4n) is 0.848. The van der Waals surface area contributed by atoms with Crippen LogP contribution < -0.4 is 10.3 Å². The maximum absolute atomic E-state index is 12.2. The summed E-state index contributed by atoms with van der Waals surface area (Å²) < 4.78 is 29.1. The van der Waals surface area contributed by atoms with Crippen LogP contribution in [0, 0.1) is 0 Å². The van der Waals surface area contributed by atoms with Crippen molar-refractivity contribution in [3.8, 4) is 5.75 Å². The summed E-state index contributed by atoms with van der Waals surface area (Å²) in [5.41, 5.74) is -1.66. The molecule has 1 heterocycles. The minimum absolute atomic E-state index is 0.0246. The smallest absolute Gasteiger partial charge is 0.270 e. The van der Waals surface area contributed by atoms with Gasteiger partial charge in [-0.2, -0.15) is 0 Å². The molecule has 0 radical (unpaired) electrons. The predicted molar refractivity (Wildman–Crippen MR) is 43.6 cm³/mol. The lowest BCUT2D eigenvalue weighted by Crippen LogP contribution is -2.13. The molecule has 13 heavy (non-hydrogen) atoms. The van der Waals surface area contributed by atoms with Gasteiger partial charge in [0.15, 0.2) is 5.75 Å². The van der Waals surface area contributed by atoms with Gasteiger partial charge in [0.1, 0.15) is 5.56 Å². The number of rotatable bonds is 2. The second-order valence-corrected chi connectivity index (χ2v) is 2.59. The van der Waals surface area contributed by atoms with E-state index in [1.54, 1.807) is 0 Å². The SMILES string of the molecule is COc1c[nH]c(=O)c(C(F)F)c1Cl. The number of pyridine rings is 1. The zero-order chi connectivity index (χ0) is 10.0. The number of nitrogens with one attached hydrogen (secondary N) is 1. The molecule has 0 spiro atoms. The van der Waals surface area contributed by atoms with Crippen LogP contribution in [0.1, 0.15) is 12.0 Å². The molecule has 0 bridgehead atoms. The van der Waals surface area contributed by atoms with Crippen LogP contribution in [0.25, 0.3) is 0 Å². The average Bonchev–Trinajstić information content (AvgIpc) is 2.04. The number of halogens is 3. The molecule has 1 aromatic rings. The molecule has 3 nitrogen and oxygen atoms in total. The van der Waals surface area contributed by atoms with E-state index < -0.39 is 17.5 Å². The Morgan fingerprint density at radius 3 is 2.69 bits per heavy atom. The van der Waals surface area contributed by atoms with E-state index in [0.717, 1.165) is 6.20 Å². The van der Waals surface area contributed by atoms with Crippen molar-refractivity contribution in [3.63, 3.8) is 0 Å². The third-order valence-corrected chi connectivity index (χ3v) is 1.86. The van der Waals surface area contributed by atoms with Crippen LogP contribution in [0.5, 0.6) is 5.75 Å². The van der Waals surface area contributed by atoms with Crippen molar-refractivity contribution >= 4 is 11.6 Å². The first kappa shape index (κ1) is 9.98. The summed E-state index contributed by atoms with van der Waals surface area (Å²) in [7, 11) is 1.27. The van der Waals surface area contributed by atoms with Gasteiger partial charge in [0.25, 0.3) is 12.0 Å². The largest absolute Gasteiger partial charge is 0.494 e. The number of H-pyrrole nitrogens is 1. The van der Waals surface area contributed by atoms with Gasteiger partial charge in [0.05, 0.1) is 12.1 Å². The average molecular weight is 210 g/mol. The lowest BCUT2D eigenvalue weighted by molar-refractivity contribution is 0.149. The number of alkyl halides is 2. The van der Waals surface area contributed by atoms with E-state index in [9.17, 15) is 13.6 Å². The number of hydrogen-bond acceptors (Lipinski definition) is 2. The molecular weight excluding hydrogens is 204 g/mol. The van der Waals surface area contributed by atoms with Gasteiger partial charge >= 0.3 is 0 Å². The summed E-state index contributed by atoms with van der Waals surface area (Å²) in [5.74, 6) is 0.0246. The number of hydrogen-bond donors (Lipinski definition) is 1.